The molecule has 0 saturated carbocycles. The van der Waals surface area contributed by atoms with Gasteiger partial charge < -0.3 is 9.16 Å². The van der Waals surface area contributed by atoms with Gasteiger partial charge in [0.05, 0.1) is 12.8 Å². The van der Waals surface area contributed by atoms with Crippen molar-refractivity contribution in [1.82, 2.24) is 0 Å². The summed E-state index contributed by atoms with van der Waals surface area (Å²) in [6, 6.07) is 9.43. The van der Waals surface area contributed by atoms with Gasteiger partial charge in [-0.1, -0.05) is 50.3 Å². The molecule has 0 spiro atoms. The van der Waals surface area contributed by atoms with E-state index in [9.17, 15) is 0 Å². The molecule has 0 N–H and O–H groups in total. The highest BCUT2D eigenvalue weighted by Crippen LogP contribution is 2.13. The minimum absolute atomic E-state index is 0.687. The Morgan fingerprint density at radius 3 is 2.72 bits per heavy atom. The van der Waals surface area contributed by atoms with Gasteiger partial charge in [0.15, 0.2) is 0 Å². The highest BCUT2D eigenvalue weighted by Gasteiger charge is 2.11. The SMILES string of the molecule is C=Cc1ccccc1CO[SiH](CCC)COCC. The summed E-state index contributed by atoms with van der Waals surface area (Å²) >= 11 is 0. The highest BCUT2D eigenvalue weighted by atomic mass is 28.3. The lowest BCUT2D eigenvalue weighted by atomic mass is 10.1. The van der Waals surface area contributed by atoms with Crippen LogP contribution in [0.25, 0.3) is 6.08 Å². The van der Waals surface area contributed by atoms with Crippen molar-refractivity contribution in [2.24, 2.45) is 0 Å². The largest absolute Gasteiger partial charge is 0.413 e. The van der Waals surface area contributed by atoms with E-state index in [1.807, 2.05) is 25.1 Å². The Labute approximate surface area is 112 Å². The van der Waals surface area contributed by atoms with Crippen molar-refractivity contribution in [3.05, 3.63) is 42.0 Å². The molecule has 0 fully saturated rings. The summed E-state index contributed by atoms with van der Waals surface area (Å²) in [7, 11) is -1.21. The van der Waals surface area contributed by atoms with E-state index in [1.54, 1.807) is 0 Å². The lowest BCUT2D eigenvalue weighted by Crippen LogP contribution is -2.25. The van der Waals surface area contributed by atoms with Crippen molar-refractivity contribution in [3.8, 4) is 0 Å². The fraction of sp³-hybridized carbons (Fsp3) is 0.467. The van der Waals surface area contributed by atoms with Crippen LogP contribution in [0.5, 0.6) is 0 Å². The van der Waals surface area contributed by atoms with Crippen molar-refractivity contribution in [2.75, 3.05) is 12.8 Å². The van der Waals surface area contributed by atoms with Gasteiger partial charge in [0.25, 0.3) is 0 Å². The Balaban J connectivity index is 2.52. The number of hydrogen-bond donors (Lipinski definition) is 0. The molecule has 0 aliphatic carbocycles. The molecule has 0 heterocycles. The summed E-state index contributed by atoms with van der Waals surface area (Å²) in [6.45, 7) is 9.53. The molecule has 0 aromatic heterocycles. The summed E-state index contributed by atoms with van der Waals surface area (Å²) in [5.41, 5.74) is 2.38. The van der Waals surface area contributed by atoms with Gasteiger partial charge in [-0.25, -0.2) is 0 Å². The molecule has 18 heavy (non-hydrogen) atoms. The summed E-state index contributed by atoms with van der Waals surface area (Å²) < 4.78 is 11.6. The van der Waals surface area contributed by atoms with E-state index < -0.39 is 9.04 Å². The third-order valence-electron chi connectivity index (χ3n) is 2.87. The quantitative estimate of drug-likeness (QED) is 0.635. The molecule has 0 aliphatic heterocycles. The van der Waals surface area contributed by atoms with E-state index in [-0.39, 0.29) is 0 Å². The summed E-state index contributed by atoms with van der Waals surface area (Å²) in [4.78, 5) is 0. The minimum Gasteiger partial charge on any atom is -0.413 e. The van der Waals surface area contributed by atoms with Crippen molar-refractivity contribution in [3.63, 3.8) is 0 Å². The number of rotatable bonds is 9. The third-order valence-corrected chi connectivity index (χ3v) is 5.33. The van der Waals surface area contributed by atoms with Crippen LogP contribution in [0.2, 0.25) is 6.04 Å². The highest BCUT2D eigenvalue weighted by molar-refractivity contribution is 6.51. The number of hydrogen-bond acceptors (Lipinski definition) is 2. The molecule has 0 aliphatic rings. The second-order valence-corrected chi connectivity index (χ2v) is 6.77. The van der Waals surface area contributed by atoms with Crippen molar-refractivity contribution in [1.29, 1.82) is 0 Å². The van der Waals surface area contributed by atoms with Gasteiger partial charge in [0.2, 0.25) is 9.04 Å². The fourth-order valence-electron chi connectivity index (χ4n) is 1.86. The molecule has 1 aromatic carbocycles. The molecule has 3 heteroatoms. The Morgan fingerprint density at radius 1 is 1.28 bits per heavy atom. The summed E-state index contributed by atoms with van der Waals surface area (Å²) in [6.07, 6.45) is 3.88. The van der Waals surface area contributed by atoms with E-state index in [4.69, 9.17) is 9.16 Å². The van der Waals surface area contributed by atoms with Crippen LogP contribution in [-0.2, 0) is 15.8 Å². The van der Waals surface area contributed by atoms with Gasteiger partial charge in [-0.3, -0.25) is 0 Å². The van der Waals surface area contributed by atoms with E-state index in [0.29, 0.717) is 6.61 Å². The van der Waals surface area contributed by atoms with Gasteiger partial charge in [-0.2, -0.15) is 0 Å². The average molecular weight is 264 g/mol. The maximum atomic E-state index is 6.08. The molecule has 0 saturated heterocycles. The Bertz CT molecular complexity index is 352. The molecule has 0 radical (unpaired) electrons. The standard InChI is InChI=1S/C15H24O2Si/c1-4-11-18(13-16-6-3)17-12-15-10-8-7-9-14(15)5-2/h5,7-10,18H,2,4,6,11-13H2,1,3H3. The zero-order valence-electron chi connectivity index (χ0n) is 11.5. The maximum Gasteiger partial charge on any atom is 0.202 e. The molecule has 1 aromatic rings. The summed E-state index contributed by atoms with van der Waals surface area (Å²) in [5.74, 6) is 0. The molecule has 1 rings (SSSR count). The van der Waals surface area contributed by atoms with E-state index >= 15 is 0 Å². The molecule has 0 amide bonds. The molecule has 100 valence electrons. The average Bonchev–Trinajstić information content (AvgIpc) is 2.42. The lowest BCUT2D eigenvalue weighted by Gasteiger charge is -2.16. The first kappa shape index (κ1) is 15.2. The molecule has 2 nitrogen and oxygen atoms in total. The topological polar surface area (TPSA) is 18.5 Å². The minimum atomic E-state index is -1.21. The predicted molar refractivity (Wildman–Crippen MR) is 80.1 cm³/mol. The van der Waals surface area contributed by atoms with Gasteiger partial charge in [-0.05, 0) is 24.1 Å². The molecular formula is C15H24O2Si. The van der Waals surface area contributed by atoms with E-state index in [2.05, 4.69) is 25.6 Å². The smallest absolute Gasteiger partial charge is 0.202 e. The van der Waals surface area contributed by atoms with Crippen LogP contribution in [-0.4, -0.2) is 21.9 Å². The Hall–Kier alpha value is -0.903. The third kappa shape index (κ3) is 5.17. The van der Waals surface area contributed by atoms with E-state index in [0.717, 1.165) is 18.4 Å². The van der Waals surface area contributed by atoms with Crippen molar-refractivity contribution >= 4 is 15.1 Å². The molecule has 0 bridgehead atoms. The summed E-state index contributed by atoms with van der Waals surface area (Å²) in [5, 5.41) is 0. The van der Waals surface area contributed by atoms with Crippen LogP contribution in [0.3, 0.4) is 0 Å². The van der Waals surface area contributed by atoms with Crippen LogP contribution in [0.15, 0.2) is 30.8 Å². The maximum absolute atomic E-state index is 6.08. The Kier molecular flexibility index (Phi) is 7.65. The van der Waals surface area contributed by atoms with Crippen LogP contribution in [0.1, 0.15) is 31.4 Å². The first-order chi connectivity index (χ1) is 8.81. The van der Waals surface area contributed by atoms with Gasteiger partial charge in [-0.15, -0.1) is 0 Å². The first-order valence-corrected chi connectivity index (χ1v) is 8.81. The zero-order valence-corrected chi connectivity index (χ0v) is 12.7. The number of benzene rings is 1. The Morgan fingerprint density at radius 2 is 2.06 bits per heavy atom. The normalized spacial score (nSPS) is 12.3. The lowest BCUT2D eigenvalue weighted by molar-refractivity contribution is 0.169. The van der Waals surface area contributed by atoms with E-state index in [1.165, 1.54) is 18.0 Å². The molecule has 1 unspecified atom stereocenters. The van der Waals surface area contributed by atoms with Gasteiger partial charge in [0.1, 0.15) is 0 Å². The van der Waals surface area contributed by atoms with Crippen molar-refractivity contribution in [2.45, 2.75) is 32.9 Å². The predicted octanol–water partition coefficient (Wildman–Crippen LogP) is 3.56. The van der Waals surface area contributed by atoms with Gasteiger partial charge in [0, 0.05) is 6.61 Å². The van der Waals surface area contributed by atoms with Crippen LogP contribution < -0.4 is 0 Å². The molecule has 1 atom stereocenters. The fourth-order valence-corrected chi connectivity index (χ4v) is 3.85. The second-order valence-electron chi connectivity index (χ2n) is 4.28. The van der Waals surface area contributed by atoms with Crippen molar-refractivity contribution < 1.29 is 9.16 Å². The zero-order chi connectivity index (χ0) is 13.2. The first-order valence-electron chi connectivity index (χ1n) is 6.71. The second kappa shape index (κ2) is 9.08. The van der Waals surface area contributed by atoms with Crippen LogP contribution >= 0.6 is 0 Å². The van der Waals surface area contributed by atoms with Crippen LogP contribution in [0, 0.1) is 0 Å². The van der Waals surface area contributed by atoms with Gasteiger partial charge >= 0.3 is 0 Å². The monoisotopic (exact) mass is 264 g/mol. The molecular weight excluding hydrogens is 240 g/mol. The van der Waals surface area contributed by atoms with Crippen LogP contribution in [0.4, 0.5) is 0 Å². The number of ether oxygens (including phenoxy) is 1.